The fourth-order valence-electron chi connectivity index (χ4n) is 5.68. The van der Waals surface area contributed by atoms with Gasteiger partial charge in [0.1, 0.15) is 6.04 Å². The largest absolute Gasteiger partial charge is 0.336 e. The van der Waals surface area contributed by atoms with Gasteiger partial charge >= 0.3 is 0 Å². The second-order valence-electron chi connectivity index (χ2n) is 11.3. The maximum atomic E-state index is 14.5. The number of carbonyl (C=O) groups excluding carboxylic acids is 2. The lowest BCUT2D eigenvalue weighted by Gasteiger charge is -2.37. The van der Waals surface area contributed by atoms with Crippen LogP contribution >= 0.6 is 0 Å². The minimum absolute atomic E-state index is 0.0525. The summed E-state index contributed by atoms with van der Waals surface area (Å²) in [5.41, 5.74) is 7.76. The van der Waals surface area contributed by atoms with Gasteiger partial charge in [-0.15, -0.1) is 0 Å². The average molecular weight is 594 g/mol. The normalized spacial score (nSPS) is 13.3. The molecule has 0 fully saturated rings. The molecule has 1 aliphatic heterocycles. The summed E-state index contributed by atoms with van der Waals surface area (Å²) >= 11 is 0. The van der Waals surface area contributed by atoms with E-state index in [2.05, 4.69) is 27.3 Å². The van der Waals surface area contributed by atoms with Crippen molar-refractivity contribution >= 4 is 17.9 Å². The molecule has 0 bridgehead atoms. The van der Waals surface area contributed by atoms with Gasteiger partial charge in [0.25, 0.3) is 0 Å². The molecule has 3 heterocycles. The highest BCUT2D eigenvalue weighted by Gasteiger charge is 2.34. The quantitative estimate of drug-likeness (QED) is 0.194. The second kappa shape index (κ2) is 13.9. The number of amides is 2. The monoisotopic (exact) mass is 593 g/mol. The van der Waals surface area contributed by atoms with Crippen LogP contribution in [0.2, 0.25) is 0 Å². The molecule has 5 aromatic rings. The number of aromatic nitrogens is 3. The molecular formula is C38H35N5O2. The third-order valence-electron chi connectivity index (χ3n) is 8.19. The Bertz CT molecular complexity index is 1770. The van der Waals surface area contributed by atoms with Crippen molar-refractivity contribution in [2.24, 2.45) is 0 Å². The summed E-state index contributed by atoms with van der Waals surface area (Å²) in [6.07, 6.45) is 7.90. The summed E-state index contributed by atoms with van der Waals surface area (Å²) in [5.74, 6) is -0.288. The van der Waals surface area contributed by atoms with E-state index in [0.29, 0.717) is 19.5 Å². The van der Waals surface area contributed by atoms with Crippen molar-refractivity contribution in [2.75, 3.05) is 6.54 Å². The third kappa shape index (κ3) is 7.39. The van der Waals surface area contributed by atoms with Gasteiger partial charge in [-0.3, -0.25) is 14.6 Å². The molecule has 6 rings (SSSR count). The van der Waals surface area contributed by atoms with Crippen LogP contribution in [-0.4, -0.2) is 49.4 Å². The van der Waals surface area contributed by atoms with E-state index >= 15 is 0 Å². The number of hydrogen-bond acceptors (Lipinski definition) is 5. The summed E-state index contributed by atoms with van der Waals surface area (Å²) in [5, 5.41) is 8.20. The Morgan fingerprint density at radius 2 is 1.64 bits per heavy atom. The van der Waals surface area contributed by atoms with E-state index in [1.54, 1.807) is 29.4 Å². The fourth-order valence-corrected chi connectivity index (χ4v) is 5.68. The van der Waals surface area contributed by atoms with Crippen molar-refractivity contribution < 1.29 is 9.59 Å². The van der Waals surface area contributed by atoms with E-state index in [1.807, 2.05) is 103 Å². The molecule has 2 aromatic heterocycles. The van der Waals surface area contributed by atoms with E-state index in [-0.39, 0.29) is 18.4 Å². The molecule has 0 spiro atoms. The van der Waals surface area contributed by atoms with Gasteiger partial charge in [0.05, 0.1) is 5.69 Å². The van der Waals surface area contributed by atoms with Gasteiger partial charge < -0.3 is 9.80 Å². The molecule has 0 aliphatic carbocycles. The second-order valence-corrected chi connectivity index (χ2v) is 11.3. The van der Waals surface area contributed by atoms with Crippen molar-refractivity contribution in [3.05, 3.63) is 155 Å². The molecule has 1 aliphatic rings. The Morgan fingerprint density at radius 1 is 0.867 bits per heavy atom. The van der Waals surface area contributed by atoms with Crippen LogP contribution in [0.1, 0.15) is 33.5 Å². The molecule has 3 aromatic carbocycles. The molecule has 2 amide bonds. The van der Waals surface area contributed by atoms with Crippen molar-refractivity contribution in [3.63, 3.8) is 0 Å². The Hall–Kier alpha value is -5.43. The zero-order chi connectivity index (χ0) is 31.0. The molecule has 45 heavy (non-hydrogen) atoms. The summed E-state index contributed by atoms with van der Waals surface area (Å²) in [7, 11) is 0. The number of nitrogens with zero attached hydrogens (tertiary/aromatic N) is 5. The molecule has 0 unspecified atom stereocenters. The zero-order valence-corrected chi connectivity index (χ0v) is 25.3. The Balaban J connectivity index is 1.34. The van der Waals surface area contributed by atoms with Crippen molar-refractivity contribution in [1.29, 1.82) is 0 Å². The Kier molecular flexibility index (Phi) is 9.16. The number of benzene rings is 3. The van der Waals surface area contributed by atoms with E-state index < -0.39 is 6.04 Å². The molecule has 0 radical (unpaired) electrons. The minimum atomic E-state index is -0.703. The standard InChI is InChI=1S/C38H35N5O2/c1-28-13-14-30(25-39-28)17-20-37(44)43(26-31-15-18-33(19-16-31)35-12-7-22-40-41-35)36(24-29-8-3-2-4-9-29)38(45)42-23-21-32-10-5-6-11-34(32)27-42/h2-20,22,25,36H,21,23-24,26-27H2,1H3/b20-17+/t36-/m0/s1. The van der Waals surface area contributed by atoms with Gasteiger partial charge in [-0.25, -0.2) is 0 Å². The van der Waals surface area contributed by atoms with E-state index in [9.17, 15) is 9.59 Å². The van der Waals surface area contributed by atoms with Gasteiger partial charge in [-0.1, -0.05) is 84.9 Å². The first-order valence-electron chi connectivity index (χ1n) is 15.2. The SMILES string of the molecule is Cc1ccc(/C=C/C(=O)N(Cc2ccc(-c3cccnn3)cc2)[C@@H](Cc2ccccc2)C(=O)N2CCc3ccccc3C2)cn1. The molecule has 224 valence electrons. The molecule has 7 heteroatoms. The molecule has 0 saturated heterocycles. The van der Waals surface area contributed by atoms with Crippen LogP contribution in [0, 0.1) is 6.92 Å². The first-order chi connectivity index (χ1) is 22.0. The number of fused-ring (bicyclic) bond motifs is 1. The molecule has 0 saturated carbocycles. The van der Waals surface area contributed by atoms with E-state index in [0.717, 1.165) is 45.6 Å². The van der Waals surface area contributed by atoms with Gasteiger partial charge in [-0.2, -0.15) is 10.2 Å². The van der Waals surface area contributed by atoms with Gasteiger partial charge in [0.2, 0.25) is 11.8 Å². The van der Waals surface area contributed by atoms with Crippen molar-refractivity contribution in [2.45, 2.75) is 38.9 Å². The maximum absolute atomic E-state index is 14.5. The molecule has 7 nitrogen and oxygen atoms in total. The van der Waals surface area contributed by atoms with Crippen LogP contribution in [-0.2, 0) is 35.5 Å². The highest BCUT2D eigenvalue weighted by atomic mass is 16.2. The number of hydrogen-bond donors (Lipinski definition) is 0. The lowest BCUT2D eigenvalue weighted by molar-refractivity contribution is -0.144. The average Bonchev–Trinajstić information content (AvgIpc) is 3.10. The Labute approximate surface area is 263 Å². The van der Waals surface area contributed by atoms with Gasteiger partial charge in [0, 0.05) is 55.8 Å². The highest BCUT2D eigenvalue weighted by molar-refractivity contribution is 5.95. The number of aryl methyl sites for hydroxylation is 1. The molecular weight excluding hydrogens is 558 g/mol. The van der Waals surface area contributed by atoms with E-state index in [1.165, 1.54) is 5.56 Å². The predicted molar refractivity (Wildman–Crippen MR) is 176 cm³/mol. The van der Waals surface area contributed by atoms with Crippen LogP contribution in [0.3, 0.4) is 0 Å². The smallest absolute Gasteiger partial charge is 0.247 e. The topological polar surface area (TPSA) is 79.3 Å². The minimum Gasteiger partial charge on any atom is -0.336 e. The van der Waals surface area contributed by atoms with Crippen LogP contribution in [0.4, 0.5) is 0 Å². The van der Waals surface area contributed by atoms with Crippen LogP contribution in [0.25, 0.3) is 17.3 Å². The molecule has 0 N–H and O–H groups in total. The summed E-state index contributed by atoms with van der Waals surface area (Å²) in [6, 6.07) is 33.0. The lowest BCUT2D eigenvalue weighted by Crippen LogP contribution is -2.52. The predicted octanol–water partition coefficient (Wildman–Crippen LogP) is 6.09. The van der Waals surface area contributed by atoms with Crippen molar-refractivity contribution in [3.8, 4) is 11.3 Å². The summed E-state index contributed by atoms with van der Waals surface area (Å²) in [4.78, 5) is 36.6. The first kappa shape index (κ1) is 29.6. The van der Waals surface area contributed by atoms with Gasteiger partial charge in [-0.05, 0) is 65.4 Å². The molecule has 1 atom stereocenters. The fraction of sp³-hybridized carbons (Fsp3) is 0.184. The number of carbonyl (C=O) groups is 2. The Morgan fingerprint density at radius 3 is 2.38 bits per heavy atom. The summed E-state index contributed by atoms with van der Waals surface area (Å²) < 4.78 is 0. The highest BCUT2D eigenvalue weighted by Crippen LogP contribution is 2.24. The van der Waals surface area contributed by atoms with Crippen LogP contribution in [0.5, 0.6) is 0 Å². The summed E-state index contributed by atoms with van der Waals surface area (Å²) in [6.45, 7) is 3.33. The third-order valence-corrected chi connectivity index (χ3v) is 8.19. The van der Waals surface area contributed by atoms with E-state index in [4.69, 9.17) is 0 Å². The number of pyridine rings is 1. The maximum Gasteiger partial charge on any atom is 0.247 e. The zero-order valence-electron chi connectivity index (χ0n) is 25.3. The van der Waals surface area contributed by atoms with Gasteiger partial charge in [0.15, 0.2) is 0 Å². The van der Waals surface area contributed by atoms with Crippen LogP contribution in [0.15, 0.2) is 122 Å². The first-order valence-corrected chi connectivity index (χ1v) is 15.2. The number of rotatable bonds is 9. The lowest BCUT2D eigenvalue weighted by atomic mass is 9.97. The van der Waals surface area contributed by atoms with Crippen molar-refractivity contribution in [1.82, 2.24) is 25.0 Å². The van der Waals surface area contributed by atoms with Crippen LogP contribution < -0.4 is 0 Å².